The molecule has 0 radical (unpaired) electrons. The van der Waals surface area contributed by atoms with Gasteiger partial charge < -0.3 is 15.2 Å². The van der Waals surface area contributed by atoms with Gasteiger partial charge in [-0.15, -0.1) is 0 Å². The number of aliphatic carboxylic acids is 1. The number of carboxylic acid groups (broad SMARTS) is 1. The van der Waals surface area contributed by atoms with Crippen LogP contribution in [0, 0.1) is 11.8 Å². The molecular weight excluding hydrogens is 222 g/mol. The summed E-state index contributed by atoms with van der Waals surface area (Å²) in [5.74, 6) is -1.13. The lowest BCUT2D eigenvalue weighted by Gasteiger charge is -2.31. The van der Waals surface area contributed by atoms with Crippen LogP contribution in [0.25, 0.3) is 0 Å². The highest BCUT2D eigenvalue weighted by molar-refractivity contribution is 5.73. The van der Waals surface area contributed by atoms with Crippen molar-refractivity contribution in [3.63, 3.8) is 0 Å². The maximum atomic E-state index is 11.4. The van der Waals surface area contributed by atoms with E-state index in [1.165, 1.54) is 0 Å². The Morgan fingerprint density at radius 3 is 2.35 bits per heavy atom. The van der Waals surface area contributed by atoms with Crippen LogP contribution in [-0.2, 0) is 9.53 Å². The van der Waals surface area contributed by atoms with Crippen LogP contribution in [0.2, 0.25) is 0 Å². The van der Waals surface area contributed by atoms with Gasteiger partial charge in [-0.25, -0.2) is 4.79 Å². The van der Waals surface area contributed by atoms with E-state index < -0.39 is 23.6 Å². The highest BCUT2D eigenvalue weighted by atomic mass is 16.6. The summed E-state index contributed by atoms with van der Waals surface area (Å²) in [6, 6.07) is 0. The number of carboxylic acids is 1. The van der Waals surface area contributed by atoms with Crippen molar-refractivity contribution in [1.82, 2.24) is 5.32 Å². The zero-order valence-electron chi connectivity index (χ0n) is 10.7. The number of hydrogen-bond donors (Lipinski definition) is 2. The highest BCUT2D eigenvalue weighted by Crippen LogP contribution is 2.33. The van der Waals surface area contributed by atoms with Gasteiger partial charge in [-0.3, -0.25) is 4.79 Å². The fraction of sp³-hybridized carbons (Fsp3) is 0.833. The van der Waals surface area contributed by atoms with E-state index in [1.54, 1.807) is 20.8 Å². The second-order valence-electron chi connectivity index (χ2n) is 5.52. The molecule has 0 saturated heterocycles. The summed E-state index contributed by atoms with van der Waals surface area (Å²) in [7, 11) is 0. The summed E-state index contributed by atoms with van der Waals surface area (Å²) in [6.07, 6.45) is 2.41. The molecule has 1 aliphatic carbocycles. The third kappa shape index (κ3) is 4.63. The summed E-state index contributed by atoms with van der Waals surface area (Å²) in [5.41, 5.74) is -0.556. The largest absolute Gasteiger partial charge is 0.481 e. The molecule has 1 aliphatic rings. The Morgan fingerprint density at radius 2 is 2.00 bits per heavy atom. The lowest BCUT2D eigenvalue weighted by Crippen LogP contribution is -2.41. The molecule has 1 fully saturated rings. The van der Waals surface area contributed by atoms with E-state index in [0.717, 1.165) is 19.3 Å². The zero-order valence-corrected chi connectivity index (χ0v) is 10.7. The number of alkyl carbamates (subject to hydrolysis) is 1. The number of amides is 1. The van der Waals surface area contributed by atoms with Gasteiger partial charge in [0.25, 0.3) is 0 Å². The van der Waals surface area contributed by atoms with E-state index in [-0.39, 0.29) is 12.5 Å². The van der Waals surface area contributed by atoms with E-state index in [0.29, 0.717) is 0 Å². The Bertz CT molecular complexity index is 291. The van der Waals surface area contributed by atoms with Crippen LogP contribution in [0.4, 0.5) is 4.79 Å². The van der Waals surface area contributed by atoms with Crippen molar-refractivity contribution in [2.75, 3.05) is 6.54 Å². The van der Waals surface area contributed by atoms with E-state index >= 15 is 0 Å². The second kappa shape index (κ2) is 5.38. The van der Waals surface area contributed by atoms with Crippen LogP contribution in [0.1, 0.15) is 40.0 Å². The molecule has 0 unspecified atom stereocenters. The summed E-state index contributed by atoms with van der Waals surface area (Å²) in [6.45, 7) is 5.46. The van der Waals surface area contributed by atoms with Gasteiger partial charge in [0.15, 0.2) is 0 Å². The molecule has 0 spiro atoms. The topological polar surface area (TPSA) is 75.6 Å². The minimum Gasteiger partial charge on any atom is -0.481 e. The van der Waals surface area contributed by atoms with Crippen LogP contribution in [0.5, 0.6) is 0 Å². The van der Waals surface area contributed by atoms with Crippen LogP contribution in [0.3, 0.4) is 0 Å². The number of carbonyl (C=O) groups excluding carboxylic acids is 1. The molecule has 0 aliphatic heterocycles. The molecule has 5 nitrogen and oxygen atoms in total. The van der Waals surface area contributed by atoms with Crippen molar-refractivity contribution >= 4 is 12.1 Å². The second-order valence-corrected chi connectivity index (χ2v) is 5.52. The van der Waals surface area contributed by atoms with Crippen molar-refractivity contribution in [2.24, 2.45) is 11.8 Å². The quantitative estimate of drug-likeness (QED) is 0.792. The third-order valence-electron chi connectivity index (χ3n) is 2.90. The van der Waals surface area contributed by atoms with Crippen molar-refractivity contribution in [2.45, 2.75) is 45.6 Å². The molecule has 0 aromatic heterocycles. The van der Waals surface area contributed by atoms with Gasteiger partial charge in [-0.1, -0.05) is 6.42 Å². The molecule has 2 N–H and O–H groups in total. The van der Waals surface area contributed by atoms with Crippen molar-refractivity contribution in [3.05, 3.63) is 0 Å². The van der Waals surface area contributed by atoms with E-state index in [2.05, 4.69) is 5.32 Å². The first-order chi connectivity index (χ1) is 7.79. The average molecular weight is 243 g/mol. The number of nitrogens with one attached hydrogen (secondary N) is 1. The summed E-state index contributed by atoms with van der Waals surface area (Å²) in [4.78, 5) is 22.4. The van der Waals surface area contributed by atoms with Gasteiger partial charge in [0, 0.05) is 6.54 Å². The maximum absolute atomic E-state index is 11.4. The number of ether oxygens (including phenoxy) is 1. The molecule has 5 heteroatoms. The van der Waals surface area contributed by atoms with Gasteiger partial charge in [0.1, 0.15) is 5.60 Å². The lowest BCUT2D eigenvalue weighted by molar-refractivity contribution is -0.144. The zero-order chi connectivity index (χ0) is 13.1. The predicted molar refractivity (Wildman–Crippen MR) is 62.7 cm³/mol. The Kier molecular flexibility index (Phi) is 4.37. The standard InChI is InChI=1S/C12H21NO4/c1-12(2,3)17-11(16)13-7-9(10(14)15)8-5-4-6-8/h8-9H,4-7H2,1-3H3,(H,13,16)(H,14,15)/t9-/m0/s1. The Balaban J connectivity index is 2.36. The minimum absolute atomic E-state index is 0.148. The minimum atomic E-state index is -0.842. The SMILES string of the molecule is CC(C)(C)OC(=O)NC[C@H](C(=O)O)C1CCC1. The summed E-state index contributed by atoms with van der Waals surface area (Å²) in [5, 5.41) is 11.6. The van der Waals surface area contributed by atoms with E-state index in [4.69, 9.17) is 9.84 Å². The summed E-state index contributed by atoms with van der Waals surface area (Å²) >= 11 is 0. The average Bonchev–Trinajstić information content (AvgIpc) is 2.04. The molecule has 1 atom stereocenters. The van der Waals surface area contributed by atoms with Crippen LogP contribution < -0.4 is 5.32 Å². The number of carbonyl (C=O) groups is 2. The summed E-state index contributed by atoms with van der Waals surface area (Å²) < 4.78 is 5.06. The Morgan fingerprint density at radius 1 is 1.41 bits per heavy atom. The van der Waals surface area contributed by atoms with Crippen LogP contribution in [0.15, 0.2) is 0 Å². The monoisotopic (exact) mass is 243 g/mol. The normalized spacial score (nSPS) is 18.1. The maximum Gasteiger partial charge on any atom is 0.407 e. The van der Waals surface area contributed by atoms with Gasteiger partial charge in [-0.2, -0.15) is 0 Å². The van der Waals surface area contributed by atoms with Gasteiger partial charge in [0.2, 0.25) is 0 Å². The first kappa shape index (κ1) is 13.8. The highest BCUT2D eigenvalue weighted by Gasteiger charge is 2.33. The van der Waals surface area contributed by atoms with Gasteiger partial charge in [0.05, 0.1) is 5.92 Å². The first-order valence-electron chi connectivity index (χ1n) is 5.99. The fourth-order valence-corrected chi connectivity index (χ4v) is 1.81. The van der Waals surface area contributed by atoms with Crippen LogP contribution >= 0.6 is 0 Å². The number of rotatable bonds is 4. The van der Waals surface area contributed by atoms with E-state index in [9.17, 15) is 9.59 Å². The molecular formula is C12H21NO4. The molecule has 0 heterocycles. The Labute approximate surface area is 102 Å². The molecule has 0 aromatic carbocycles. The number of hydrogen-bond acceptors (Lipinski definition) is 3. The molecule has 0 bridgehead atoms. The van der Waals surface area contributed by atoms with E-state index in [1.807, 2.05) is 0 Å². The van der Waals surface area contributed by atoms with Gasteiger partial charge >= 0.3 is 12.1 Å². The van der Waals surface area contributed by atoms with Gasteiger partial charge in [-0.05, 0) is 39.5 Å². The molecule has 1 amide bonds. The smallest absolute Gasteiger partial charge is 0.407 e. The molecule has 17 heavy (non-hydrogen) atoms. The predicted octanol–water partition coefficient (Wildman–Crippen LogP) is 2.01. The molecule has 98 valence electrons. The molecule has 0 aromatic rings. The van der Waals surface area contributed by atoms with Crippen LogP contribution in [-0.4, -0.2) is 29.3 Å². The Hall–Kier alpha value is -1.26. The lowest BCUT2D eigenvalue weighted by atomic mass is 9.76. The first-order valence-corrected chi connectivity index (χ1v) is 5.99. The molecule has 1 rings (SSSR count). The van der Waals surface area contributed by atoms with Crippen molar-refractivity contribution in [1.29, 1.82) is 0 Å². The fourth-order valence-electron chi connectivity index (χ4n) is 1.81. The van der Waals surface area contributed by atoms with Crippen molar-refractivity contribution in [3.8, 4) is 0 Å². The molecule has 1 saturated carbocycles. The van der Waals surface area contributed by atoms with Crippen molar-refractivity contribution < 1.29 is 19.4 Å². The third-order valence-corrected chi connectivity index (χ3v) is 2.90.